The van der Waals surface area contributed by atoms with Crippen LogP contribution < -0.4 is 10.1 Å². The molecule has 1 aromatic carbocycles. The normalized spacial score (nSPS) is 19.8. The van der Waals surface area contributed by atoms with Crippen molar-refractivity contribution in [3.8, 4) is 5.75 Å². The van der Waals surface area contributed by atoms with Crippen LogP contribution in [0.2, 0.25) is 0 Å². The van der Waals surface area contributed by atoms with E-state index in [1.165, 1.54) is 36.9 Å². The zero-order valence-corrected chi connectivity index (χ0v) is 20.9. The van der Waals surface area contributed by atoms with Gasteiger partial charge < -0.3 is 10.1 Å². The number of thiazole rings is 1. The Labute approximate surface area is 203 Å². The molecule has 5 rings (SSSR count). The Morgan fingerprint density at radius 1 is 1.31 bits per heavy atom. The van der Waals surface area contributed by atoms with Gasteiger partial charge in [0.1, 0.15) is 11.3 Å². The highest BCUT2D eigenvalue weighted by molar-refractivity contribution is 14.1. The summed E-state index contributed by atoms with van der Waals surface area (Å²) in [6, 6.07) is 5.65. The van der Waals surface area contributed by atoms with E-state index in [1.54, 1.807) is 41.4 Å². The van der Waals surface area contributed by atoms with Gasteiger partial charge in [-0.2, -0.15) is 5.10 Å². The highest BCUT2D eigenvalue weighted by Gasteiger charge is 2.27. The molecule has 7 nitrogen and oxygen atoms in total. The Balaban J connectivity index is 1.40. The number of hydrogen-bond donors (Lipinski definition) is 1. The van der Waals surface area contributed by atoms with Crippen LogP contribution in [0, 0.1) is 5.92 Å². The summed E-state index contributed by atoms with van der Waals surface area (Å²) in [5, 5.41) is 8.37. The first kappa shape index (κ1) is 21.6. The van der Waals surface area contributed by atoms with Crippen molar-refractivity contribution in [2.24, 2.45) is 5.92 Å². The molecule has 0 radical (unpaired) electrons. The Morgan fingerprint density at radius 2 is 2.12 bits per heavy atom. The number of halogens is 1. The fraction of sp³-hybridized carbons (Fsp3) is 0.391. The summed E-state index contributed by atoms with van der Waals surface area (Å²) in [7, 11) is 1.60. The van der Waals surface area contributed by atoms with Crippen molar-refractivity contribution < 1.29 is 9.53 Å². The van der Waals surface area contributed by atoms with Gasteiger partial charge in [0.2, 0.25) is 0 Å². The van der Waals surface area contributed by atoms with Gasteiger partial charge in [0, 0.05) is 28.3 Å². The van der Waals surface area contributed by atoms with Crippen LogP contribution in [0.5, 0.6) is 5.75 Å². The molecule has 0 spiro atoms. The molecule has 4 aromatic rings. The van der Waals surface area contributed by atoms with Crippen LogP contribution in [0.3, 0.4) is 0 Å². The Hall–Kier alpha value is -2.27. The second-order valence-corrected chi connectivity index (χ2v) is 11.3. The average Bonchev–Trinajstić information content (AvgIpc) is 3.42. The van der Waals surface area contributed by atoms with E-state index in [2.05, 4.69) is 44.9 Å². The van der Waals surface area contributed by atoms with E-state index in [0.717, 1.165) is 20.1 Å². The monoisotopic (exact) mass is 561 g/mol. The van der Waals surface area contributed by atoms with E-state index in [-0.39, 0.29) is 5.91 Å². The number of aromatic nitrogens is 4. The molecule has 32 heavy (non-hydrogen) atoms. The third-order valence-corrected chi connectivity index (χ3v) is 8.47. The molecule has 166 valence electrons. The maximum absolute atomic E-state index is 13.0. The number of hydrogen-bond acceptors (Lipinski definition) is 6. The molecule has 0 saturated heterocycles. The maximum Gasteiger partial charge on any atom is 0.261 e. The summed E-state index contributed by atoms with van der Waals surface area (Å²) in [5.41, 5.74) is 2.47. The zero-order valence-electron chi connectivity index (χ0n) is 17.9. The van der Waals surface area contributed by atoms with Crippen molar-refractivity contribution in [3.05, 3.63) is 47.4 Å². The number of carbonyl (C=O) groups is 1. The number of ether oxygens (including phenoxy) is 1. The van der Waals surface area contributed by atoms with Gasteiger partial charge in [-0.15, -0.1) is 11.3 Å². The number of alkyl halides is 1. The van der Waals surface area contributed by atoms with Gasteiger partial charge in [-0.3, -0.25) is 4.79 Å². The Bertz CT molecular complexity index is 1280. The molecule has 1 atom stereocenters. The van der Waals surface area contributed by atoms with E-state index >= 15 is 0 Å². The number of methoxy groups -OCH3 is 1. The predicted octanol–water partition coefficient (Wildman–Crippen LogP) is 5.70. The van der Waals surface area contributed by atoms with E-state index in [4.69, 9.17) is 9.72 Å². The van der Waals surface area contributed by atoms with Crippen LogP contribution in [-0.4, -0.2) is 36.5 Å². The number of carbonyl (C=O) groups excluding carboxylic acids is 1. The molecular weight excluding hydrogens is 537 g/mol. The molecule has 1 aliphatic carbocycles. The number of nitrogens with one attached hydrogen (secondary N) is 1. The molecular formula is C23H24IN5O2S. The number of nitrogens with zero attached hydrogens (tertiary/aromatic N) is 4. The van der Waals surface area contributed by atoms with Gasteiger partial charge in [-0.25, -0.2) is 14.5 Å². The predicted molar refractivity (Wildman–Crippen MR) is 135 cm³/mol. The van der Waals surface area contributed by atoms with Crippen LogP contribution >= 0.6 is 33.9 Å². The van der Waals surface area contributed by atoms with Crippen molar-refractivity contribution >= 4 is 61.4 Å². The summed E-state index contributed by atoms with van der Waals surface area (Å²) < 4.78 is 8.93. The van der Waals surface area contributed by atoms with Gasteiger partial charge in [-0.1, -0.05) is 29.5 Å². The van der Waals surface area contributed by atoms with Gasteiger partial charge in [0.15, 0.2) is 5.65 Å². The maximum atomic E-state index is 13.0. The molecule has 1 N–H and O–H groups in total. The van der Waals surface area contributed by atoms with Crippen LogP contribution in [0.1, 0.15) is 53.9 Å². The number of fused-ring (bicyclic) bond motifs is 2. The molecule has 1 amide bonds. The summed E-state index contributed by atoms with van der Waals surface area (Å²) in [4.78, 5) is 22.2. The second-order valence-electron chi connectivity index (χ2n) is 8.26. The average molecular weight is 561 g/mol. The number of anilines is 1. The summed E-state index contributed by atoms with van der Waals surface area (Å²) in [5.74, 6) is 1.66. The smallest absolute Gasteiger partial charge is 0.261 e. The lowest BCUT2D eigenvalue weighted by Crippen LogP contribution is -2.18. The minimum absolute atomic E-state index is 0.271. The molecule has 3 aromatic heterocycles. The van der Waals surface area contributed by atoms with E-state index in [1.807, 2.05) is 12.1 Å². The van der Waals surface area contributed by atoms with Crippen molar-refractivity contribution in [1.29, 1.82) is 0 Å². The van der Waals surface area contributed by atoms with E-state index in [0.29, 0.717) is 28.6 Å². The number of benzene rings is 1. The molecule has 1 saturated carbocycles. The van der Waals surface area contributed by atoms with Crippen LogP contribution in [0.15, 0.2) is 36.8 Å². The van der Waals surface area contributed by atoms with E-state index < -0.39 is 0 Å². The van der Waals surface area contributed by atoms with Crippen LogP contribution in [-0.2, 0) is 0 Å². The standard InChI is InChI=1S/C23H24IN5O2S/c1-13(24)14-4-6-15(7-5-14)23-28-18-10-19(31-2)17(11-20(18)32-23)27-22(30)16-12-26-29-9-3-8-25-21(16)29/h3,8-15H,4-7H2,1-2H3,(H,27,30). The lowest BCUT2D eigenvalue weighted by Gasteiger charge is -2.29. The summed E-state index contributed by atoms with van der Waals surface area (Å²) >= 11 is 4.28. The SMILES string of the molecule is COc1cc2nc(C3CCC(C(C)I)CC3)sc2cc1NC(=O)c1cnn2cccnc12. The Kier molecular flexibility index (Phi) is 6.02. The van der Waals surface area contributed by atoms with Crippen LogP contribution in [0.4, 0.5) is 5.69 Å². The third kappa shape index (κ3) is 4.07. The molecule has 3 heterocycles. The van der Waals surface area contributed by atoms with Gasteiger partial charge in [0.05, 0.1) is 34.2 Å². The molecule has 1 unspecified atom stereocenters. The minimum atomic E-state index is -0.271. The number of rotatable bonds is 5. The molecule has 1 fully saturated rings. The summed E-state index contributed by atoms with van der Waals surface area (Å²) in [6.45, 7) is 2.31. The highest BCUT2D eigenvalue weighted by Crippen LogP contribution is 2.42. The highest BCUT2D eigenvalue weighted by atomic mass is 127. The quantitative estimate of drug-likeness (QED) is 0.250. The van der Waals surface area contributed by atoms with Crippen LogP contribution in [0.25, 0.3) is 15.9 Å². The number of amides is 1. The lowest BCUT2D eigenvalue weighted by atomic mass is 9.81. The van der Waals surface area contributed by atoms with Gasteiger partial charge in [0.25, 0.3) is 5.91 Å². The first-order valence-electron chi connectivity index (χ1n) is 10.8. The first-order valence-corrected chi connectivity index (χ1v) is 12.8. The second kappa shape index (κ2) is 8.93. The fourth-order valence-corrected chi connectivity index (χ4v) is 6.29. The molecule has 9 heteroatoms. The van der Waals surface area contributed by atoms with Crippen molar-refractivity contribution in [3.63, 3.8) is 0 Å². The van der Waals surface area contributed by atoms with Crippen molar-refractivity contribution in [1.82, 2.24) is 19.6 Å². The third-order valence-electron chi connectivity index (χ3n) is 6.27. The molecule has 1 aliphatic rings. The molecule has 0 bridgehead atoms. The van der Waals surface area contributed by atoms with Crippen molar-refractivity contribution in [2.75, 3.05) is 12.4 Å². The largest absolute Gasteiger partial charge is 0.494 e. The lowest BCUT2D eigenvalue weighted by molar-refractivity contribution is 0.102. The molecule has 0 aliphatic heterocycles. The van der Waals surface area contributed by atoms with E-state index in [9.17, 15) is 4.79 Å². The summed E-state index contributed by atoms with van der Waals surface area (Å²) in [6.07, 6.45) is 9.86. The minimum Gasteiger partial charge on any atom is -0.494 e. The fourth-order valence-electron chi connectivity index (χ4n) is 4.42. The van der Waals surface area contributed by atoms with Gasteiger partial charge in [-0.05, 0) is 43.7 Å². The zero-order chi connectivity index (χ0) is 22.2. The van der Waals surface area contributed by atoms with Crippen molar-refractivity contribution in [2.45, 2.75) is 42.4 Å². The topological polar surface area (TPSA) is 81.4 Å². The van der Waals surface area contributed by atoms with Gasteiger partial charge >= 0.3 is 0 Å². The first-order chi connectivity index (χ1) is 15.5. The Morgan fingerprint density at radius 3 is 2.88 bits per heavy atom.